The second kappa shape index (κ2) is 10.00. The van der Waals surface area contributed by atoms with Crippen LogP contribution in [0.15, 0.2) is 4.99 Å². The fourth-order valence-corrected chi connectivity index (χ4v) is 3.95. The van der Waals surface area contributed by atoms with Crippen molar-refractivity contribution in [2.24, 2.45) is 4.99 Å². The zero-order valence-corrected chi connectivity index (χ0v) is 16.6. The average molecular weight is 352 g/mol. The minimum Gasteiger partial charge on any atom is -0.357 e. The molecule has 3 atom stereocenters. The van der Waals surface area contributed by atoms with Crippen LogP contribution in [-0.2, 0) is 4.79 Å². The molecule has 2 rings (SSSR count). The van der Waals surface area contributed by atoms with Crippen LogP contribution in [0.3, 0.4) is 0 Å². The van der Waals surface area contributed by atoms with E-state index < -0.39 is 0 Å². The molecular weight excluding hydrogens is 314 g/mol. The van der Waals surface area contributed by atoms with Gasteiger partial charge in [-0.2, -0.15) is 0 Å². The Labute approximate surface area is 153 Å². The molecule has 1 amide bonds. The molecule has 144 valence electrons. The van der Waals surface area contributed by atoms with Gasteiger partial charge in [-0.15, -0.1) is 0 Å². The first kappa shape index (κ1) is 20.0. The van der Waals surface area contributed by atoms with Crippen LogP contribution >= 0.6 is 0 Å². The van der Waals surface area contributed by atoms with E-state index in [-0.39, 0.29) is 5.91 Å². The van der Waals surface area contributed by atoms with E-state index in [1.54, 1.807) is 0 Å². The van der Waals surface area contributed by atoms with Gasteiger partial charge < -0.3 is 15.5 Å². The number of aliphatic imine (C=N–C) groups is 1. The molecule has 0 aromatic carbocycles. The summed E-state index contributed by atoms with van der Waals surface area (Å²) in [7, 11) is 0. The van der Waals surface area contributed by atoms with Crippen LogP contribution in [0.2, 0.25) is 0 Å². The van der Waals surface area contributed by atoms with Gasteiger partial charge in [-0.05, 0) is 46.6 Å². The van der Waals surface area contributed by atoms with Gasteiger partial charge in [-0.1, -0.05) is 13.3 Å². The van der Waals surface area contributed by atoms with Gasteiger partial charge >= 0.3 is 0 Å². The van der Waals surface area contributed by atoms with Crippen LogP contribution in [0.4, 0.5) is 0 Å². The molecule has 6 nitrogen and oxygen atoms in total. The highest BCUT2D eigenvalue weighted by molar-refractivity contribution is 5.80. The van der Waals surface area contributed by atoms with Gasteiger partial charge in [0.25, 0.3) is 0 Å². The molecule has 0 spiro atoms. The predicted molar refractivity (Wildman–Crippen MR) is 104 cm³/mol. The Morgan fingerprint density at radius 2 is 2.04 bits per heavy atom. The topological polar surface area (TPSA) is 60.0 Å². The summed E-state index contributed by atoms with van der Waals surface area (Å²) in [6.07, 6.45) is 5.55. The first-order chi connectivity index (χ1) is 12.0. The molecule has 0 radical (unpaired) electrons. The number of carbonyl (C=O) groups excluding carboxylic acids is 1. The highest BCUT2D eigenvalue weighted by atomic mass is 16.2. The third kappa shape index (κ3) is 5.87. The summed E-state index contributed by atoms with van der Waals surface area (Å²) in [4.78, 5) is 21.2. The normalized spacial score (nSPS) is 26.6. The summed E-state index contributed by atoms with van der Waals surface area (Å²) in [5.41, 5.74) is 0. The van der Waals surface area contributed by atoms with E-state index in [1.807, 2.05) is 11.8 Å². The van der Waals surface area contributed by atoms with Crippen LogP contribution in [0.25, 0.3) is 0 Å². The van der Waals surface area contributed by atoms with Gasteiger partial charge in [0.15, 0.2) is 5.96 Å². The van der Waals surface area contributed by atoms with Crippen molar-refractivity contribution in [3.05, 3.63) is 0 Å². The van der Waals surface area contributed by atoms with Crippen LogP contribution in [0.5, 0.6) is 0 Å². The maximum absolute atomic E-state index is 11.8. The SMILES string of the molecule is CCNC(=NCC(C)N1CCCCC1C)NC1CCN(C(=O)CC)C1. The Morgan fingerprint density at radius 1 is 1.24 bits per heavy atom. The Balaban J connectivity index is 1.86. The number of hydrogen-bond donors (Lipinski definition) is 2. The number of hydrogen-bond acceptors (Lipinski definition) is 3. The Hall–Kier alpha value is -1.30. The molecular formula is C19H37N5O. The number of amides is 1. The molecule has 6 heteroatoms. The Morgan fingerprint density at radius 3 is 2.72 bits per heavy atom. The largest absolute Gasteiger partial charge is 0.357 e. The van der Waals surface area contributed by atoms with E-state index in [1.165, 1.54) is 25.8 Å². The lowest BCUT2D eigenvalue weighted by atomic mass is 10.0. The molecule has 2 fully saturated rings. The van der Waals surface area contributed by atoms with Crippen LogP contribution < -0.4 is 10.6 Å². The van der Waals surface area contributed by atoms with Crippen LogP contribution in [0.1, 0.15) is 59.8 Å². The summed E-state index contributed by atoms with van der Waals surface area (Å²) in [6.45, 7) is 13.1. The van der Waals surface area contributed by atoms with Crippen molar-refractivity contribution in [3.63, 3.8) is 0 Å². The van der Waals surface area contributed by atoms with Gasteiger partial charge in [-0.3, -0.25) is 14.7 Å². The van der Waals surface area contributed by atoms with Gasteiger partial charge in [0.2, 0.25) is 5.91 Å². The monoisotopic (exact) mass is 351 g/mol. The standard InChI is InChI=1S/C19H37N5O/c1-5-18(25)23-12-10-17(14-23)22-19(20-6-2)21-13-16(4)24-11-8-7-9-15(24)3/h15-17H,5-14H2,1-4H3,(H2,20,21,22). The number of piperidine rings is 1. The van der Waals surface area contributed by atoms with Gasteiger partial charge in [0, 0.05) is 44.2 Å². The summed E-state index contributed by atoms with van der Waals surface area (Å²) >= 11 is 0. The molecule has 2 N–H and O–H groups in total. The zero-order valence-electron chi connectivity index (χ0n) is 16.6. The van der Waals surface area contributed by atoms with E-state index in [2.05, 4.69) is 36.3 Å². The molecule has 2 aliphatic heterocycles. The van der Waals surface area contributed by atoms with Crippen molar-refractivity contribution >= 4 is 11.9 Å². The maximum Gasteiger partial charge on any atom is 0.222 e. The van der Waals surface area contributed by atoms with E-state index in [0.717, 1.165) is 38.6 Å². The van der Waals surface area contributed by atoms with Gasteiger partial charge in [-0.25, -0.2) is 0 Å². The molecule has 0 bridgehead atoms. The quantitative estimate of drug-likeness (QED) is 0.566. The van der Waals surface area contributed by atoms with Gasteiger partial charge in [0.05, 0.1) is 6.54 Å². The first-order valence-corrected chi connectivity index (χ1v) is 10.1. The molecule has 25 heavy (non-hydrogen) atoms. The third-order valence-electron chi connectivity index (χ3n) is 5.46. The maximum atomic E-state index is 11.8. The van der Waals surface area contributed by atoms with E-state index >= 15 is 0 Å². The van der Waals surface area contributed by atoms with E-state index in [0.29, 0.717) is 24.5 Å². The Bertz CT molecular complexity index is 453. The van der Waals surface area contributed by atoms with Crippen LogP contribution in [-0.4, -0.2) is 72.5 Å². The lowest BCUT2D eigenvalue weighted by Crippen LogP contribution is -2.47. The number of likely N-dealkylation sites (tertiary alicyclic amines) is 2. The van der Waals surface area contributed by atoms with E-state index in [9.17, 15) is 4.79 Å². The third-order valence-corrected chi connectivity index (χ3v) is 5.46. The zero-order chi connectivity index (χ0) is 18.2. The van der Waals surface area contributed by atoms with Gasteiger partial charge in [0.1, 0.15) is 0 Å². The summed E-state index contributed by atoms with van der Waals surface area (Å²) in [5, 5.41) is 6.88. The van der Waals surface area contributed by atoms with E-state index in [4.69, 9.17) is 4.99 Å². The number of nitrogens with one attached hydrogen (secondary N) is 2. The fourth-order valence-electron chi connectivity index (χ4n) is 3.95. The fraction of sp³-hybridized carbons (Fsp3) is 0.895. The van der Waals surface area contributed by atoms with Crippen molar-refractivity contribution in [1.82, 2.24) is 20.4 Å². The molecule has 3 unspecified atom stereocenters. The van der Waals surface area contributed by atoms with Crippen LogP contribution in [0, 0.1) is 0 Å². The molecule has 2 heterocycles. The second-order valence-corrected chi connectivity index (χ2v) is 7.47. The molecule has 2 aliphatic rings. The predicted octanol–water partition coefficient (Wildman–Crippen LogP) is 1.82. The number of carbonyl (C=O) groups is 1. The second-order valence-electron chi connectivity index (χ2n) is 7.47. The smallest absolute Gasteiger partial charge is 0.222 e. The van der Waals surface area contributed by atoms with Crippen molar-refractivity contribution in [2.45, 2.75) is 77.9 Å². The van der Waals surface area contributed by atoms with Crippen molar-refractivity contribution in [3.8, 4) is 0 Å². The summed E-state index contributed by atoms with van der Waals surface area (Å²) < 4.78 is 0. The lowest BCUT2D eigenvalue weighted by Gasteiger charge is -2.37. The number of guanidine groups is 1. The number of nitrogens with zero attached hydrogens (tertiary/aromatic N) is 3. The number of rotatable bonds is 6. The highest BCUT2D eigenvalue weighted by Crippen LogP contribution is 2.19. The molecule has 0 aromatic heterocycles. The summed E-state index contributed by atoms with van der Waals surface area (Å²) in [5.74, 6) is 1.13. The molecule has 0 aliphatic carbocycles. The average Bonchev–Trinajstić information content (AvgIpc) is 3.08. The summed E-state index contributed by atoms with van der Waals surface area (Å²) in [6, 6.07) is 1.43. The first-order valence-electron chi connectivity index (χ1n) is 10.1. The highest BCUT2D eigenvalue weighted by Gasteiger charge is 2.26. The molecule has 2 saturated heterocycles. The Kier molecular flexibility index (Phi) is 8.00. The molecule has 0 aromatic rings. The van der Waals surface area contributed by atoms with Crippen molar-refractivity contribution < 1.29 is 4.79 Å². The van der Waals surface area contributed by atoms with Crippen molar-refractivity contribution in [2.75, 3.05) is 32.7 Å². The minimum absolute atomic E-state index is 0.249. The lowest BCUT2D eigenvalue weighted by molar-refractivity contribution is -0.129. The molecule has 0 saturated carbocycles. The minimum atomic E-state index is 0.249. The van der Waals surface area contributed by atoms with Crippen molar-refractivity contribution in [1.29, 1.82) is 0 Å².